The van der Waals surface area contributed by atoms with Crippen LogP contribution in [0.1, 0.15) is 34.8 Å². The van der Waals surface area contributed by atoms with E-state index in [0.29, 0.717) is 25.1 Å². The molecule has 2 aromatic carbocycles. The summed E-state index contributed by atoms with van der Waals surface area (Å²) in [6, 6.07) is 16.5. The zero-order chi connectivity index (χ0) is 19.5. The molecule has 0 aliphatic rings. The summed E-state index contributed by atoms with van der Waals surface area (Å²) in [6.45, 7) is 3.16. The molecule has 0 heterocycles. The van der Waals surface area contributed by atoms with E-state index in [4.69, 9.17) is 4.74 Å². The third-order valence-electron chi connectivity index (χ3n) is 4.35. The molecule has 2 rings (SSSR count). The van der Waals surface area contributed by atoms with E-state index in [2.05, 4.69) is 17.6 Å². The number of carbonyl (C=O) groups is 2. The summed E-state index contributed by atoms with van der Waals surface area (Å²) < 4.78 is 5.00. The molecule has 0 saturated carbocycles. The zero-order valence-electron chi connectivity index (χ0n) is 16.0. The molecular formula is C22H28N2O3. The van der Waals surface area contributed by atoms with Gasteiger partial charge in [-0.1, -0.05) is 49.4 Å². The van der Waals surface area contributed by atoms with Crippen molar-refractivity contribution >= 4 is 11.8 Å². The molecular weight excluding hydrogens is 340 g/mol. The van der Waals surface area contributed by atoms with Gasteiger partial charge in [-0.15, -0.1) is 0 Å². The Bertz CT molecular complexity index is 714. The standard InChI is InChI=1S/C22H28N2O3/c1-3-17-10-12-19(13-11-17)21(25)24-20(16-18-8-5-4-6-9-18)22(26)23-14-7-15-27-2/h4-6,8-13,20H,3,7,14-16H2,1-2H3,(H,23,26)(H,24,25)/t20-/m0/s1. The van der Waals surface area contributed by atoms with Gasteiger partial charge >= 0.3 is 0 Å². The van der Waals surface area contributed by atoms with Crippen LogP contribution in [0.25, 0.3) is 0 Å². The van der Waals surface area contributed by atoms with Gasteiger partial charge in [-0.2, -0.15) is 0 Å². The maximum absolute atomic E-state index is 12.6. The number of methoxy groups -OCH3 is 1. The molecule has 0 aliphatic heterocycles. The monoisotopic (exact) mass is 368 g/mol. The Morgan fingerprint density at radius 2 is 1.70 bits per heavy atom. The third kappa shape index (κ3) is 6.87. The van der Waals surface area contributed by atoms with Crippen molar-refractivity contribution in [2.75, 3.05) is 20.3 Å². The van der Waals surface area contributed by atoms with Gasteiger partial charge in [-0.3, -0.25) is 9.59 Å². The number of hydrogen-bond acceptors (Lipinski definition) is 3. The number of amides is 2. The fourth-order valence-electron chi connectivity index (χ4n) is 2.74. The van der Waals surface area contributed by atoms with Gasteiger partial charge in [0.1, 0.15) is 6.04 Å². The van der Waals surface area contributed by atoms with Crippen molar-refractivity contribution in [3.8, 4) is 0 Å². The van der Waals surface area contributed by atoms with Gasteiger partial charge in [0.2, 0.25) is 5.91 Å². The smallest absolute Gasteiger partial charge is 0.251 e. The molecule has 0 fully saturated rings. The van der Waals surface area contributed by atoms with Crippen molar-refractivity contribution in [1.82, 2.24) is 10.6 Å². The normalized spacial score (nSPS) is 11.6. The van der Waals surface area contributed by atoms with Gasteiger partial charge in [0.25, 0.3) is 5.91 Å². The second-order valence-electron chi connectivity index (χ2n) is 6.40. The maximum atomic E-state index is 12.6. The highest BCUT2D eigenvalue weighted by molar-refractivity contribution is 5.97. The molecule has 0 bridgehead atoms. The third-order valence-corrected chi connectivity index (χ3v) is 4.35. The lowest BCUT2D eigenvalue weighted by Crippen LogP contribution is -2.48. The minimum absolute atomic E-state index is 0.187. The molecule has 0 aromatic heterocycles. The number of carbonyl (C=O) groups excluding carboxylic acids is 2. The molecule has 0 unspecified atom stereocenters. The molecule has 27 heavy (non-hydrogen) atoms. The first-order chi connectivity index (χ1) is 13.1. The van der Waals surface area contributed by atoms with Gasteiger partial charge < -0.3 is 15.4 Å². The zero-order valence-corrected chi connectivity index (χ0v) is 16.0. The molecule has 1 atom stereocenters. The second kappa shape index (κ2) is 11.1. The summed E-state index contributed by atoms with van der Waals surface area (Å²) in [5, 5.41) is 5.76. The van der Waals surface area contributed by atoms with Crippen LogP contribution in [0.4, 0.5) is 0 Å². The Balaban J connectivity index is 2.05. The van der Waals surface area contributed by atoms with E-state index >= 15 is 0 Å². The van der Waals surface area contributed by atoms with Gasteiger partial charge in [-0.05, 0) is 36.1 Å². The highest BCUT2D eigenvalue weighted by Gasteiger charge is 2.21. The number of ether oxygens (including phenoxy) is 1. The van der Waals surface area contributed by atoms with Crippen molar-refractivity contribution < 1.29 is 14.3 Å². The summed E-state index contributed by atoms with van der Waals surface area (Å²) in [4.78, 5) is 25.2. The highest BCUT2D eigenvalue weighted by atomic mass is 16.5. The molecule has 2 amide bonds. The second-order valence-corrected chi connectivity index (χ2v) is 6.40. The van der Waals surface area contributed by atoms with Crippen LogP contribution in [0, 0.1) is 0 Å². The number of hydrogen-bond donors (Lipinski definition) is 2. The van der Waals surface area contributed by atoms with Gasteiger partial charge in [0, 0.05) is 32.2 Å². The van der Waals surface area contributed by atoms with Crippen LogP contribution in [0.3, 0.4) is 0 Å². The van der Waals surface area contributed by atoms with Crippen LogP contribution < -0.4 is 10.6 Å². The van der Waals surface area contributed by atoms with Gasteiger partial charge in [0.05, 0.1) is 0 Å². The number of rotatable bonds is 10. The SMILES string of the molecule is CCc1ccc(C(=O)N[C@@H](Cc2ccccc2)C(=O)NCCCOC)cc1. The van der Waals surface area contributed by atoms with Crippen LogP contribution in [-0.4, -0.2) is 38.1 Å². The Morgan fingerprint density at radius 3 is 2.33 bits per heavy atom. The average Bonchev–Trinajstić information content (AvgIpc) is 2.71. The van der Waals surface area contributed by atoms with E-state index in [-0.39, 0.29) is 11.8 Å². The van der Waals surface area contributed by atoms with Gasteiger partial charge in [0.15, 0.2) is 0 Å². The number of benzene rings is 2. The predicted molar refractivity (Wildman–Crippen MR) is 107 cm³/mol. The molecule has 2 aromatic rings. The summed E-state index contributed by atoms with van der Waals surface area (Å²) in [7, 11) is 1.63. The number of nitrogens with one attached hydrogen (secondary N) is 2. The fraction of sp³-hybridized carbons (Fsp3) is 0.364. The summed E-state index contributed by atoms with van der Waals surface area (Å²) in [5.41, 5.74) is 2.72. The fourth-order valence-corrected chi connectivity index (χ4v) is 2.74. The highest BCUT2D eigenvalue weighted by Crippen LogP contribution is 2.08. The van der Waals surface area contributed by atoms with E-state index in [9.17, 15) is 9.59 Å². The Labute approximate surface area is 161 Å². The molecule has 2 N–H and O–H groups in total. The van der Waals surface area contributed by atoms with Crippen molar-refractivity contribution in [2.45, 2.75) is 32.2 Å². The number of aryl methyl sites for hydroxylation is 1. The van der Waals surface area contributed by atoms with Crippen LogP contribution in [0.2, 0.25) is 0 Å². The quantitative estimate of drug-likeness (QED) is 0.634. The molecule has 144 valence electrons. The van der Waals surface area contributed by atoms with Gasteiger partial charge in [-0.25, -0.2) is 0 Å². The van der Waals surface area contributed by atoms with Crippen molar-refractivity contribution in [3.63, 3.8) is 0 Å². The lowest BCUT2D eigenvalue weighted by atomic mass is 10.0. The van der Waals surface area contributed by atoms with E-state index in [0.717, 1.165) is 18.4 Å². The molecule has 5 nitrogen and oxygen atoms in total. The van der Waals surface area contributed by atoms with Crippen LogP contribution >= 0.6 is 0 Å². The summed E-state index contributed by atoms with van der Waals surface area (Å²) in [5.74, 6) is -0.431. The van der Waals surface area contributed by atoms with Crippen molar-refractivity contribution in [2.24, 2.45) is 0 Å². The molecule has 0 radical (unpaired) electrons. The first-order valence-corrected chi connectivity index (χ1v) is 9.34. The average molecular weight is 368 g/mol. The van der Waals surface area contributed by atoms with Crippen molar-refractivity contribution in [1.29, 1.82) is 0 Å². The molecule has 0 saturated heterocycles. The van der Waals surface area contributed by atoms with E-state index in [1.165, 1.54) is 5.56 Å². The molecule has 0 aliphatic carbocycles. The van der Waals surface area contributed by atoms with Crippen LogP contribution in [0.5, 0.6) is 0 Å². The summed E-state index contributed by atoms with van der Waals surface area (Å²) >= 11 is 0. The van der Waals surface area contributed by atoms with E-state index in [1.807, 2.05) is 42.5 Å². The Morgan fingerprint density at radius 1 is 1.00 bits per heavy atom. The minimum atomic E-state index is -0.631. The summed E-state index contributed by atoms with van der Waals surface area (Å²) in [6.07, 6.45) is 2.09. The van der Waals surface area contributed by atoms with Crippen LogP contribution in [0.15, 0.2) is 54.6 Å². The topological polar surface area (TPSA) is 67.4 Å². The van der Waals surface area contributed by atoms with Crippen molar-refractivity contribution in [3.05, 3.63) is 71.3 Å². The molecule has 5 heteroatoms. The maximum Gasteiger partial charge on any atom is 0.251 e. The minimum Gasteiger partial charge on any atom is -0.385 e. The first-order valence-electron chi connectivity index (χ1n) is 9.34. The van der Waals surface area contributed by atoms with E-state index < -0.39 is 6.04 Å². The first kappa shape index (κ1) is 20.6. The lowest BCUT2D eigenvalue weighted by Gasteiger charge is -2.19. The Kier molecular flexibility index (Phi) is 8.52. The lowest BCUT2D eigenvalue weighted by molar-refractivity contribution is -0.123. The Hall–Kier alpha value is -2.66. The predicted octanol–water partition coefficient (Wildman–Crippen LogP) is 2.74. The van der Waals surface area contributed by atoms with E-state index in [1.54, 1.807) is 19.2 Å². The molecule has 0 spiro atoms. The van der Waals surface area contributed by atoms with Crippen LogP contribution in [-0.2, 0) is 22.4 Å². The largest absolute Gasteiger partial charge is 0.385 e.